The Morgan fingerprint density at radius 1 is 1.18 bits per heavy atom. The first-order valence-corrected chi connectivity index (χ1v) is 14.2. The zero-order valence-corrected chi connectivity index (χ0v) is 23.3. The van der Waals surface area contributed by atoms with Gasteiger partial charge in [0.2, 0.25) is 5.95 Å². The summed E-state index contributed by atoms with van der Waals surface area (Å²) in [6.07, 6.45) is 4.89. The topological polar surface area (TPSA) is 109 Å². The third-order valence-electron chi connectivity index (χ3n) is 7.63. The number of cyclic esters (lactones) is 1. The van der Waals surface area contributed by atoms with Crippen molar-refractivity contribution in [1.29, 1.82) is 0 Å². The van der Waals surface area contributed by atoms with E-state index in [0.29, 0.717) is 25.0 Å². The van der Waals surface area contributed by atoms with Gasteiger partial charge in [-0.1, -0.05) is 24.3 Å². The summed E-state index contributed by atoms with van der Waals surface area (Å²) >= 11 is 0. The Balaban J connectivity index is 1.18. The molecule has 2 aromatic rings. The molecule has 2 fully saturated rings. The van der Waals surface area contributed by atoms with Crippen molar-refractivity contribution in [2.45, 2.75) is 64.6 Å². The number of ether oxygens (including phenoxy) is 3. The largest absolute Gasteiger partial charge is 0.444 e. The number of piperazine rings is 1. The average molecular weight is 549 g/mol. The number of nitrogens with one attached hydrogen (secondary N) is 1. The van der Waals surface area contributed by atoms with Gasteiger partial charge in [-0.3, -0.25) is 9.80 Å². The summed E-state index contributed by atoms with van der Waals surface area (Å²) in [4.78, 5) is 38.6. The van der Waals surface area contributed by atoms with E-state index in [4.69, 9.17) is 19.2 Å². The molecule has 0 saturated carbocycles. The summed E-state index contributed by atoms with van der Waals surface area (Å²) in [5.41, 5.74) is 3.12. The van der Waals surface area contributed by atoms with Gasteiger partial charge >= 0.3 is 6.09 Å². The molecule has 213 valence electrons. The van der Waals surface area contributed by atoms with Crippen molar-refractivity contribution in [3.05, 3.63) is 47.2 Å². The first kappa shape index (κ1) is 28.5. The van der Waals surface area contributed by atoms with E-state index in [1.165, 1.54) is 5.56 Å². The number of carbonyl (C=O) groups excluding carboxylic acids is 2. The highest BCUT2D eigenvalue weighted by atomic mass is 16.7. The molecule has 4 heterocycles. The normalized spacial score (nSPS) is 21.7. The van der Waals surface area contributed by atoms with Gasteiger partial charge in [0.1, 0.15) is 6.61 Å². The predicted octanol–water partition coefficient (Wildman–Crippen LogP) is 2.97. The van der Waals surface area contributed by atoms with Gasteiger partial charge in [-0.25, -0.2) is 9.78 Å². The summed E-state index contributed by atoms with van der Waals surface area (Å²) in [7, 11) is 1.62. The van der Waals surface area contributed by atoms with Gasteiger partial charge in [-0.2, -0.15) is 4.98 Å². The lowest BCUT2D eigenvalue weighted by Crippen LogP contribution is -2.47. The lowest BCUT2D eigenvalue weighted by atomic mass is 9.93. The molecule has 3 atom stereocenters. The van der Waals surface area contributed by atoms with E-state index in [1.54, 1.807) is 18.5 Å². The van der Waals surface area contributed by atoms with Gasteiger partial charge in [-0.15, -0.1) is 0 Å². The third kappa shape index (κ3) is 7.17. The fourth-order valence-corrected chi connectivity index (χ4v) is 5.23. The van der Waals surface area contributed by atoms with Crippen LogP contribution in [-0.2, 0) is 32.2 Å². The van der Waals surface area contributed by atoms with Crippen molar-refractivity contribution in [3.63, 3.8) is 0 Å². The number of benzene rings is 1. The second-order valence-electron chi connectivity index (χ2n) is 10.7. The molecular formula is C28H38BN6O5. The van der Waals surface area contributed by atoms with Crippen LogP contribution >= 0.6 is 0 Å². The van der Waals surface area contributed by atoms with Crippen LogP contribution in [0.5, 0.6) is 0 Å². The zero-order chi connectivity index (χ0) is 27.9. The SMILES string of the molecule is C[C@H](Nc1ncc2c(n1)N([C@H](C)COC1CCCCO1)C(=O)OC2)c1ccc(CN2CCN([B]C=O)CC2)cc1. The molecule has 2 saturated heterocycles. The molecule has 11 nitrogen and oxygen atoms in total. The van der Waals surface area contributed by atoms with Gasteiger partial charge in [0.15, 0.2) is 12.1 Å². The van der Waals surface area contributed by atoms with E-state index in [9.17, 15) is 9.59 Å². The number of nitrogens with zero attached hydrogens (tertiary/aromatic N) is 5. The molecule has 1 unspecified atom stereocenters. The molecule has 40 heavy (non-hydrogen) atoms. The van der Waals surface area contributed by atoms with Crippen molar-refractivity contribution in [3.8, 4) is 0 Å². The molecule has 0 aliphatic carbocycles. The van der Waals surface area contributed by atoms with Crippen molar-refractivity contribution in [2.24, 2.45) is 0 Å². The van der Waals surface area contributed by atoms with Gasteiger partial charge in [0.25, 0.3) is 7.41 Å². The second kappa shape index (κ2) is 13.5. The average Bonchev–Trinajstić information content (AvgIpc) is 2.98. The summed E-state index contributed by atoms with van der Waals surface area (Å²) < 4.78 is 17.0. The number of carbonyl (C=O) groups is 2. The maximum absolute atomic E-state index is 12.7. The Bertz CT molecular complexity index is 1140. The van der Waals surface area contributed by atoms with Gasteiger partial charge in [-0.05, 0) is 44.2 Å². The van der Waals surface area contributed by atoms with Crippen LogP contribution in [0.1, 0.15) is 55.8 Å². The fourth-order valence-electron chi connectivity index (χ4n) is 5.23. The van der Waals surface area contributed by atoms with Crippen LogP contribution in [0, 0.1) is 0 Å². The summed E-state index contributed by atoms with van der Waals surface area (Å²) in [5, 5.41) is 3.38. The zero-order valence-electron chi connectivity index (χ0n) is 23.3. The molecule has 0 bridgehead atoms. The summed E-state index contributed by atoms with van der Waals surface area (Å²) in [6, 6.07) is 8.23. The first-order valence-electron chi connectivity index (χ1n) is 14.2. The van der Waals surface area contributed by atoms with E-state index >= 15 is 0 Å². The second-order valence-corrected chi connectivity index (χ2v) is 10.7. The van der Waals surface area contributed by atoms with Crippen LogP contribution in [0.3, 0.4) is 0 Å². The number of aromatic nitrogens is 2. The molecule has 1 N–H and O–H groups in total. The molecule has 1 radical (unpaired) electrons. The molecular weight excluding hydrogens is 511 g/mol. The number of fused-ring (bicyclic) bond motifs is 1. The molecule has 1 aromatic carbocycles. The maximum Gasteiger partial charge on any atom is 0.416 e. The Labute approximate surface area is 236 Å². The fraction of sp³-hybridized carbons (Fsp3) is 0.571. The number of amides is 1. The standard InChI is InChI=1S/C28H38BN6O5/c1-20(17-39-25-5-3-4-14-38-25)35-26-24(18-40-28(35)37)15-30-27(32-26)31-21(2)23-8-6-22(7-9-23)16-33-10-12-34(13-11-33)29-19-36/h6-9,15,19-21,25H,3-5,10-14,16-18H2,1-2H3,(H,30,31,32)/t20-,21+,25?/m1/s1. The highest BCUT2D eigenvalue weighted by Crippen LogP contribution is 2.29. The summed E-state index contributed by atoms with van der Waals surface area (Å²) in [6.45, 7) is 9.64. The van der Waals surface area contributed by atoms with Crippen LogP contribution in [0.25, 0.3) is 0 Å². The van der Waals surface area contributed by atoms with Crippen LogP contribution in [0.15, 0.2) is 30.5 Å². The van der Waals surface area contributed by atoms with Crippen molar-refractivity contribution in [2.75, 3.05) is 49.6 Å². The molecule has 1 amide bonds. The number of hydrogen-bond donors (Lipinski definition) is 1. The quantitative estimate of drug-likeness (QED) is 0.332. The van der Waals surface area contributed by atoms with E-state index in [0.717, 1.165) is 69.3 Å². The van der Waals surface area contributed by atoms with Gasteiger partial charge in [0, 0.05) is 45.5 Å². The number of anilines is 2. The molecule has 1 aromatic heterocycles. The van der Waals surface area contributed by atoms with E-state index in [2.05, 4.69) is 51.2 Å². The van der Waals surface area contributed by atoms with Crippen LogP contribution < -0.4 is 10.2 Å². The molecule has 3 aliphatic rings. The van der Waals surface area contributed by atoms with Crippen LogP contribution in [-0.4, -0.2) is 91.1 Å². The minimum Gasteiger partial charge on any atom is -0.444 e. The minimum absolute atomic E-state index is 0.0391. The molecule has 12 heteroatoms. The van der Waals surface area contributed by atoms with Gasteiger partial charge < -0.3 is 29.1 Å². The molecule has 0 spiro atoms. The van der Waals surface area contributed by atoms with E-state index < -0.39 is 6.09 Å². The highest BCUT2D eigenvalue weighted by molar-refractivity contribution is 6.64. The molecule has 3 aliphatic heterocycles. The Hall–Kier alpha value is -3.06. The lowest BCUT2D eigenvalue weighted by Gasteiger charge is -2.33. The van der Waals surface area contributed by atoms with Crippen molar-refractivity contribution >= 4 is 31.5 Å². The summed E-state index contributed by atoms with van der Waals surface area (Å²) in [5.74, 6) is 0.992. The van der Waals surface area contributed by atoms with Crippen molar-refractivity contribution < 1.29 is 23.8 Å². The number of hydrogen-bond acceptors (Lipinski definition) is 10. The van der Waals surface area contributed by atoms with Crippen LogP contribution in [0.2, 0.25) is 0 Å². The lowest BCUT2D eigenvalue weighted by molar-refractivity contribution is -0.164. The van der Waals surface area contributed by atoms with Gasteiger partial charge in [0.05, 0.1) is 30.4 Å². The van der Waals surface area contributed by atoms with E-state index in [1.807, 2.05) is 6.92 Å². The Morgan fingerprint density at radius 2 is 1.98 bits per heavy atom. The molecule has 5 rings (SSSR count). The van der Waals surface area contributed by atoms with Crippen molar-refractivity contribution in [1.82, 2.24) is 19.7 Å². The Morgan fingerprint density at radius 3 is 2.70 bits per heavy atom. The van der Waals surface area contributed by atoms with E-state index in [-0.39, 0.29) is 25.0 Å². The Kier molecular flexibility index (Phi) is 9.64. The monoisotopic (exact) mass is 549 g/mol. The van der Waals surface area contributed by atoms with Crippen LogP contribution in [0.4, 0.5) is 16.6 Å². The number of rotatable bonds is 11. The smallest absolute Gasteiger partial charge is 0.416 e. The first-order chi connectivity index (χ1) is 19.5. The predicted molar refractivity (Wildman–Crippen MR) is 152 cm³/mol. The minimum atomic E-state index is -0.440. The maximum atomic E-state index is 12.7. The highest BCUT2D eigenvalue weighted by Gasteiger charge is 2.33. The third-order valence-corrected chi connectivity index (χ3v) is 7.63.